The van der Waals surface area contributed by atoms with E-state index in [0.29, 0.717) is 5.52 Å². The summed E-state index contributed by atoms with van der Waals surface area (Å²) in [6, 6.07) is 1.40. The summed E-state index contributed by atoms with van der Waals surface area (Å²) in [5.41, 5.74) is 0.684. The Morgan fingerprint density at radius 1 is 1.43 bits per heavy atom. The zero-order valence-corrected chi connectivity index (χ0v) is 8.19. The van der Waals surface area contributed by atoms with E-state index < -0.39 is 10.0 Å². The first-order chi connectivity index (χ1) is 6.48. The van der Waals surface area contributed by atoms with Crippen molar-refractivity contribution in [3.05, 3.63) is 18.5 Å². The molecule has 0 spiro atoms. The molecular formula is C7H8N4O2S. The predicted molar refractivity (Wildman–Crippen MR) is 49.9 cm³/mol. The fourth-order valence-electron chi connectivity index (χ4n) is 1.18. The number of pyridine rings is 1. The van der Waals surface area contributed by atoms with Gasteiger partial charge in [-0.3, -0.25) is 4.68 Å². The normalized spacial score (nSPS) is 12.1. The zero-order chi connectivity index (χ0) is 10.3. The monoisotopic (exact) mass is 212 g/mol. The Labute approximate surface area is 80.4 Å². The quantitative estimate of drug-likeness (QED) is 0.697. The molecule has 0 aliphatic heterocycles. The van der Waals surface area contributed by atoms with E-state index in [2.05, 4.69) is 10.1 Å². The number of hydrogen-bond acceptors (Lipinski definition) is 4. The number of aryl methyl sites for hydroxylation is 1. The molecule has 0 aliphatic rings. The fourth-order valence-corrected chi connectivity index (χ4v) is 1.66. The first-order valence-corrected chi connectivity index (χ1v) is 5.34. The molecule has 0 amide bonds. The number of aromatic nitrogens is 3. The van der Waals surface area contributed by atoms with Crippen molar-refractivity contribution >= 4 is 20.9 Å². The third kappa shape index (κ3) is 1.36. The molecule has 74 valence electrons. The molecule has 0 atom stereocenters. The van der Waals surface area contributed by atoms with Gasteiger partial charge in [-0.05, 0) is 0 Å². The highest BCUT2D eigenvalue weighted by Gasteiger charge is 2.11. The molecule has 7 heteroatoms. The molecule has 2 aromatic heterocycles. The summed E-state index contributed by atoms with van der Waals surface area (Å²) in [6.07, 6.45) is 3.04. The van der Waals surface area contributed by atoms with Crippen LogP contribution >= 0.6 is 0 Å². The molecule has 0 unspecified atom stereocenters. The van der Waals surface area contributed by atoms with E-state index >= 15 is 0 Å². The number of hydrogen-bond donors (Lipinski definition) is 1. The van der Waals surface area contributed by atoms with E-state index in [4.69, 9.17) is 5.14 Å². The fraction of sp³-hybridized carbons (Fsp3) is 0.143. The average molecular weight is 212 g/mol. The van der Waals surface area contributed by atoms with Gasteiger partial charge in [0.25, 0.3) is 10.0 Å². The summed E-state index contributed by atoms with van der Waals surface area (Å²) in [5, 5.41) is 9.54. The Balaban J connectivity index is 2.79. The van der Waals surface area contributed by atoms with Gasteiger partial charge in [-0.15, -0.1) is 0 Å². The molecule has 0 aromatic carbocycles. The van der Waals surface area contributed by atoms with Crippen molar-refractivity contribution in [1.29, 1.82) is 0 Å². The molecule has 6 nitrogen and oxygen atoms in total. The highest BCUT2D eigenvalue weighted by molar-refractivity contribution is 7.89. The maximum absolute atomic E-state index is 11.0. The Morgan fingerprint density at radius 2 is 2.14 bits per heavy atom. The van der Waals surface area contributed by atoms with Crippen molar-refractivity contribution in [2.75, 3.05) is 0 Å². The Kier molecular flexibility index (Phi) is 1.79. The second-order valence-electron chi connectivity index (χ2n) is 2.89. The van der Waals surface area contributed by atoms with Gasteiger partial charge < -0.3 is 0 Å². The lowest BCUT2D eigenvalue weighted by molar-refractivity contribution is 0.594. The first-order valence-electron chi connectivity index (χ1n) is 3.79. The topological polar surface area (TPSA) is 90.9 Å². The van der Waals surface area contributed by atoms with Crippen LogP contribution in [0.2, 0.25) is 0 Å². The van der Waals surface area contributed by atoms with Gasteiger partial charge >= 0.3 is 0 Å². The van der Waals surface area contributed by atoms with Crippen LogP contribution in [0, 0.1) is 0 Å². The number of nitrogens with two attached hydrogens (primary N) is 1. The van der Waals surface area contributed by atoms with Crippen molar-refractivity contribution in [1.82, 2.24) is 14.8 Å². The van der Waals surface area contributed by atoms with Crippen LogP contribution in [0.4, 0.5) is 0 Å². The number of nitrogens with zero attached hydrogens (tertiary/aromatic N) is 3. The Hall–Kier alpha value is -1.47. The van der Waals surface area contributed by atoms with Crippen molar-refractivity contribution in [3.8, 4) is 0 Å². The molecule has 2 N–H and O–H groups in total. The molecular weight excluding hydrogens is 204 g/mol. The first kappa shape index (κ1) is 9.10. The summed E-state index contributed by atoms with van der Waals surface area (Å²) in [5.74, 6) is 0. The lowest BCUT2D eigenvalue weighted by Crippen LogP contribution is -2.13. The van der Waals surface area contributed by atoms with E-state index in [1.165, 1.54) is 12.3 Å². The number of sulfonamides is 1. The Morgan fingerprint density at radius 3 is 2.79 bits per heavy atom. The third-order valence-electron chi connectivity index (χ3n) is 1.90. The molecule has 14 heavy (non-hydrogen) atoms. The van der Waals surface area contributed by atoms with Gasteiger partial charge in [0.15, 0.2) is 5.03 Å². The standard InChI is InChI=1S/C7H8N4O2S/c1-11-6-2-7(14(8,12)13)9-3-5(6)4-10-11/h2-4H,1H3,(H2,8,12,13). The minimum Gasteiger partial charge on any atom is -0.268 e. The average Bonchev–Trinajstić information content (AvgIpc) is 2.46. The number of primary sulfonamides is 1. The van der Waals surface area contributed by atoms with Crippen molar-refractivity contribution in [2.45, 2.75) is 5.03 Å². The number of fused-ring (bicyclic) bond motifs is 1. The maximum atomic E-state index is 11.0. The molecule has 0 fully saturated rings. The van der Waals surface area contributed by atoms with E-state index in [0.717, 1.165) is 5.39 Å². The second kappa shape index (κ2) is 2.76. The van der Waals surface area contributed by atoms with Gasteiger partial charge in [0.1, 0.15) is 0 Å². The highest BCUT2D eigenvalue weighted by atomic mass is 32.2. The molecule has 0 radical (unpaired) electrons. The lowest BCUT2D eigenvalue weighted by Gasteiger charge is -1.97. The summed E-state index contributed by atoms with van der Waals surface area (Å²) in [7, 11) is -2.02. The molecule has 0 saturated carbocycles. The number of rotatable bonds is 1. The van der Waals surface area contributed by atoms with Crippen molar-refractivity contribution in [2.24, 2.45) is 12.2 Å². The van der Waals surface area contributed by atoms with Gasteiger partial charge in [0.2, 0.25) is 0 Å². The van der Waals surface area contributed by atoms with Crippen LogP contribution in [0.15, 0.2) is 23.5 Å². The molecule has 2 heterocycles. The molecule has 2 aromatic rings. The highest BCUT2D eigenvalue weighted by Crippen LogP contribution is 2.14. The van der Waals surface area contributed by atoms with Crippen LogP contribution in [0.3, 0.4) is 0 Å². The van der Waals surface area contributed by atoms with Crippen LogP contribution in [-0.4, -0.2) is 23.2 Å². The molecule has 0 bridgehead atoms. The van der Waals surface area contributed by atoms with Gasteiger partial charge in [0.05, 0.1) is 11.7 Å². The third-order valence-corrected chi connectivity index (χ3v) is 2.70. The van der Waals surface area contributed by atoms with Crippen LogP contribution in [0.25, 0.3) is 10.9 Å². The minimum atomic E-state index is -3.74. The van der Waals surface area contributed by atoms with E-state index in [9.17, 15) is 8.42 Å². The summed E-state index contributed by atoms with van der Waals surface area (Å²) < 4.78 is 23.6. The van der Waals surface area contributed by atoms with Crippen LogP contribution in [0.1, 0.15) is 0 Å². The lowest BCUT2D eigenvalue weighted by atomic mass is 10.3. The van der Waals surface area contributed by atoms with E-state index in [1.54, 1.807) is 17.9 Å². The van der Waals surface area contributed by atoms with Gasteiger partial charge in [-0.2, -0.15) is 5.10 Å². The second-order valence-corrected chi connectivity index (χ2v) is 4.40. The smallest absolute Gasteiger partial charge is 0.255 e. The van der Waals surface area contributed by atoms with E-state index in [1.807, 2.05) is 0 Å². The summed E-state index contributed by atoms with van der Waals surface area (Å²) in [6.45, 7) is 0. The van der Waals surface area contributed by atoms with Gasteiger partial charge in [-0.25, -0.2) is 18.5 Å². The summed E-state index contributed by atoms with van der Waals surface area (Å²) in [4.78, 5) is 3.73. The van der Waals surface area contributed by atoms with Crippen LogP contribution in [-0.2, 0) is 17.1 Å². The maximum Gasteiger partial charge on any atom is 0.255 e. The van der Waals surface area contributed by atoms with Gasteiger partial charge in [-0.1, -0.05) is 0 Å². The zero-order valence-electron chi connectivity index (χ0n) is 7.38. The van der Waals surface area contributed by atoms with Gasteiger partial charge in [0, 0.05) is 24.7 Å². The van der Waals surface area contributed by atoms with E-state index in [-0.39, 0.29) is 5.03 Å². The SMILES string of the molecule is Cn1ncc2cnc(S(N)(=O)=O)cc21. The van der Waals surface area contributed by atoms with Crippen molar-refractivity contribution < 1.29 is 8.42 Å². The predicted octanol–water partition coefficient (Wildman–Crippen LogP) is -0.384. The van der Waals surface area contributed by atoms with Crippen LogP contribution < -0.4 is 5.14 Å². The van der Waals surface area contributed by atoms with Crippen LogP contribution in [0.5, 0.6) is 0 Å². The largest absolute Gasteiger partial charge is 0.268 e. The Bertz CT molecular complexity index is 587. The minimum absolute atomic E-state index is 0.145. The summed E-state index contributed by atoms with van der Waals surface area (Å²) >= 11 is 0. The van der Waals surface area contributed by atoms with Crippen molar-refractivity contribution in [3.63, 3.8) is 0 Å². The molecule has 2 rings (SSSR count). The molecule has 0 aliphatic carbocycles. The molecule has 0 saturated heterocycles.